The molecule has 1 aliphatic rings. The van der Waals surface area contributed by atoms with Crippen molar-refractivity contribution in [2.24, 2.45) is 5.92 Å². The highest BCUT2D eigenvalue weighted by Gasteiger charge is 2.31. The van der Waals surface area contributed by atoms with Crippen LogP contribution in [0.5, 0.6) is 0 Å². The third-order valence-electron chi connectivity index (χ3n) is 8.03. The van der Waals surface area contributed by atoms with Gasteiger partial charge in [0.15, 0.2) is 5.78 Å². The number of benzene rings is 2. The Morgan fingerprint density at radius 1 is 1.05 bits per heavy atom. The summed E-state index contributed by atoms with van der Waals surface area (Å²) in [5.74, 6) is -0.788. The minimum absolute atomic E-state index is 0.0304. The third kappa shape index (κ3) is 8.00. The Balaban J connectivity index is 1.49. The van der Waals surface area contributed by atoms with Crippen molar-refractivity contribution >= 4 is 17.5 Å². The molecule has 3 aromatic rings. The fraction of sp³-hybridized carbons (Fsp3) is 0.455. The summed E-state index contributed by atoms with van der Waals surface area (Å²) in [6.45, 7) is 7.19. The van der Waals surface area contributed by atoms with E-state index in [2.05, 4.69) is 4.98 Å². The molecule has 42 heavy (non-hydrogen) atoms. The SMILES string of the molecule is Cc1ccccc1C(C(=O)N1CCCC1)n1cnc(CC(=O)[C@H](CCC(=O)C(C)(C)NO)COCc2ccccc2)c1. The summed E-state index contributed by atoms with van der Waals surface area (Å²) in [5.41, 5.74) is 4.42. The normalized spacial score (nSPS) is 15.0. The van der Waals surface area contributed by atoms with Crippen LogP contribution in [0, 0.1) is 12.8 Å². The molecule has 0 spiro atoms. The van der Waals surface area contributed by atoms with Crippen LogP contribution in [0.1, 0.15) is 68.0 Å². The molecule has 1 unspecified atom stereocenters. The van der Waals surface area contributed by atoms with Crippen molar-refractivity contribution in [3.63, 3.8) is 0 Å². The number of carbonyl (C=O) groups excluding carboxylic acids is 3. The van der Waals surface area contributed by atoms with E-state index in [1.165, 1.54) is 0 Å². The number of imidazole rings is 1. The molecule has 2 N–H and O–H groups in total. The lowest BCUT2D eigenvalue weighted by Crippen LogP contribution is -2.45. The van der Waals surface area contributed by atoms with Gasteiger partial charge in [-0.05, 0) is 56.7 Å². The van der Waals surface area contributed by atoms with E-state index in [0.29, 0.717) is 12.3 Å². The Morgan fingerprint density at radius 3 is 2.43 bits per heavy atom. The van der Waals surface area contributed by atoms with Crippen LogP contribution >= 0.6 is 0 Å². The smallest absolute Gasteiger partial charge is 0.250 e. The number of amides is 1. The number of carbonyl (C=O) groups is 3. The largest absolute Gasteiger partial charge is 0.376 e. The van der Waals surface area contributed by atoms with Gasteiger partial charge in [0.2, 0.25) is 5.91 Å². The predicted octanol–water partition coefficient (Wildman–Crippen LogP) is 4.45. The van der Waals surface area contributed by atoms with Gasteiger partial charge in [-0.15, -0.1) is 0 Å². The average Bonchev–Trinajstić information content (AvgIpc) is 3.69. The Labute approximate surface area is 247 Å². The maximum Gasteiger partial charge on any atom is 0.250 e. The minimum atomic E-state index is -1.11. The molecule has 2 heterocycles. The molecule has 224 valence electrons. The van der Waals surface area contributed by atoms with Crippen LogP contribution in [0.4, 0.5) is 0 Å². The van der Waals surface area contributed by atoms with Crippen LogP contribution in [-0.4, -0.2) is 62.4 Å². The van der Waals surface area contributed by atoms with Crippen molar-refractivity contribution in [2.75, 3.05) is 19.7 Å². The molecule has 0 radical (unpaired) electrons. The van der Waals surface area contributed by atoms with Crippen LogP contribution < -0.4 is 5.48 Å². The van der Waals surface area contributed by atoms with Crippen LogP contribution in [0.25, 0.3) is 0 Å². The van der Waals surface area contributed by atoms with Crippen LogP contribution in [-0.2, 0) is 32.1 Å². The lowest BCUT2D eigenvalue weighted by molar-refractivity contribution is -0.132. The summed E-state index contributed by atoms with van der Waals surface area (Å²) in [6, 6.07) is 17.0. The number of hydrogen-bond donors (Lipinski definition) is 2. The second kappa shape index (κ2) is 14.5. The Hall–Kier alpha value is -3.66. The second-order valence-corrected chi connectivity index (χ2v) is 11.6. The van der Waals surface area contributed by atoms with E-state index in [4.69, 9.17) is 4.74 Å². The van der Waals surface area contributed by atoms with Crippen molar-refractivity contribution in [3.05, 3.63) is 89.5 Å². The van der Waals surface area contributed by atoms with Gasteiger partial charge in [0.25, 0.3) is 0 Å². The molecule has 4 rings (SSSR count). The molecule has 9 heteroatoms. The Bertz CT molecular complexity index is 1350. The Kier molecular flexibility index (Phi) is 10.8. The van der Waals surface area contributed by atoms with Crippen molar-refractivity contribution in [3.8, 4) is 0 Å². The van der Waals surface area contributed by atoms with Gasteiger partial charge >= 0.3 is 0 Å². The van der Waals surface area contributed by atoms with Crippen LogP contribution in [0.15, 0.2) is 67.1 Å². The highest BCUT2D eigenvalue weighted by molar-refractivity contribution is 5.88. The van der Waals surface area contributed by atoms with E-state index >= 15 is 0 Å². The number of nitrogens with one attached hydrogen (secondary N) is 1. The zero-order valence-corrected chi connectivity index (χ0v) is 24.8. The molecule has 0 aliphatic carbocycles. The number of aryl methyl sites for hydroxylation is 1. The molecular weight excluding hydrogens is 532 g/mol. The average molecular weight is 575 g/mol. The molecule has 1 fully saturated rings. The lowest BCUT2D eigenvalue weighted by atomic mass is 9.90. The molecule has 0 bridgehead atoms. The molecule has 1 saturated heterocycles. The number of Topliss-reactive ketones (excluding diaryl/α,β-unsaturated/α-hetero) is 2. The topological polar surface area (TPSA) is 114 Å². The maximum absolute atomic E-state index is 13.7. The number of hydroxylamine groups is 1. The second-order valence-electron chi connectivity index (χ2n) is 11.6. The fourth-order valence-corrected chi connectivity index (χ4v) is 5.27. The van der Waals surface area contributed by atoms with E-state index in [9.17, 15) is 19.6 Å². The highest BCUT2D eigenvalue weighted by Crippen LogP contribution is 2.27. The molecule has 1 aromatic heterocycles. The van der Waals surface area contributed by atoms with Gasteiger partial charge in [0, 0.05) is 31.6 Å². The molecule has 2 atom stereocenters. The minimum Gasteiger partial charge on any atom is -0.376 e. The number of hydrogen-bond acceptors (Lipinski definition) is 7. The quantitative estimate of drug-likeness (QED) is 0.258. The number of likely N-dealkylation sites (tertiary alicyclic amines) is 1. The molecule has 9 nitrogen and oxygen atoms in total. The summed E-state index contributed by atoms with van der Waals surface area (Å²) in [5, 5.41) is 9.36. The van der Waals surface area contributed by atoms with Crippen molar-refractivity contribution < 1.29 is 24.3 Å². The first-order valence-corrected chi connectivity index (χ1v) is 14.6. The third-order valence-corrected chi connectivity index (χ3v) is 8.03. The monoisotopic (exact) mass is 574 g/mol. The summed E-state index contributed by atoms with van der Waals surface area (Å²) < 4.78 is 7.73. The van der Waals surface area contributed by atoms with Gasteiger partial charge in [-0.1, -0.05) is 54.6 Å². The van der Waals surface area contributed by atoms with Crippen molar-refractivity contribution in [1.29, 1.82) is 0 Å². The van der Waals surface area contributed by atoms with Gasteiger partial charge < -0.3 is 19.4 Å². The number of aromatic nitrogens is 2. The maximum atomic E-state index is 13.7. The standard InChI is InChI=1S/C33H42N4O5/c1-24-11-7-8-14-28(24)31(32(40)36-17-9-10-18-36)37-20-27(34-23-37)19-29(38)26(15-16-30(39)33(2,3)35-41)22-42-21-25-12-5-4-6-13-25/h4-8,11-14,20,23,26,31,35,41H,9-10,15-19,21-22H2,1-3H3/t26-,31?/m1/s1. The van der Waals surface area contributed by atoms with E-state index in [1.54, 1.807) is 26.4 Å². The first-order chi connectivity index (χ1) is 20.2. The summed E-state index contributed by atoms with van der Waals surface area (Å²) in [6.07, 6.45) is 5.87. The first kappa shape index (κ1) is 31.3. The number of rotatable bonds is 15. The molecule has 1 amide bonds. The van der Waals surface area contributed by atoms with Crippen molar-refractivity contribution in [1.82, 2.24) is 19.9 Å². The first-order valence-electron chi connectivity index (χ1n) is 14.6. The predicted molar refractivity (Wildman–Crippen MR) is 159 cm³/mol. The van der Waals surface area contributed by atoms with E-state index in [-0.39, 0.29) is 43.3 Å². The zero-order valence-electron chi connectivity index (χ0n) is 24.8. The van der Waals surface area contributed by atoms with Gasteiger partial charge in [0.1, 0.15) is 11.8 Å². The number of ketones is 2. The van der Waals surface area contributed by atoms with E-state index in [1.807, 2.05) is 76.5 Å². The van der Waals surface area contributed by atoms with E-state index in [0.717, 1.165) is 42.6 Å². The number of nitrogens with zero attached hydrogens (tertiary/aromatic N) is 3. The van der Waals surface area contributed by atoms with E-state index < -0.39 is 17.5 Å². The molecular formula is C33H42N4O5. The fourth-order valence-electron chi connectivity index (χ4n) is 5.27. The Morgan fingerprint density at radius 2 is 1.74 bits per heavy atom. The van der Waals surface area contributed by atoms with Gasteiger partial charge in [-0.3, -0.25) is 14.4 Å². The summed E-state index contributed by atoms with van der Waals surface area (Å²) in [4.78, 5) is 46.3. The summed E-state index contributed by atoms with van der Waals surface area (Å²) >= 11 is 0. The number of ether oxygens (including phenoxy) is 1. The molecule has 2 aromatic carbocycles. The van der Waals surface area contributed by atoms with Crippen LogP contribution in [0.3, 0.4) is 0 Å². The van der Waals surface area contributed by atoms with Crippen LogP contribution in [0.2, 0.25) is 0 Å². The zero-order chi connectivity index (χ0) is 30.1. The van der Waals surface area contributed by atoms with Crippen molar-refractivity contribution in [2.45, 2.75) is 71.1 Å². The molecule has 1 aliphatic heterocycles. The van der Waals surface area contributed by atoms with Gasteiger partial charge in [-0.25, -0.2) is 4.98 Å². The highest BCUT2D eigenvalue weighted by atomic mass is 16.5. The van der Waals surface area contributed by atoms with Gasteiger partial charge in [-0.2, -0.15) is 5.48 Å². The van der Waals surface area contributed by atoms with Gasteiger partial charge in [0.05, 0.1) is 37.2 Å². The molecule has 0 saturated carbocycles. The lowest BCUT2D eigenvalue weighted by Gasteiger charge is -2.25. The summed E-state index contributed by atoms with van der Waals surface area (Å²) in [7, 11) is 0.